The SMILES string of the molecule is O=C(c1cccc([N+](=O)[O-])c1)N1CCC[C@@H](C(F)(F)F)C1. The first-order chi connectivity index (χ1) is 9.79. The van der Waals surface area contributed by atoms with Crippen molar-refractivity contribution >= 4 is 11.6 Å². The van der Waals surface area contributed by atoms with Crippen LogP contribution in [0.15, 0.2) is 24.3 Å². The number of halogens is 3. The summed E-state index contributed by atoms with van der Waals surface area (Å²) < 4.78 is 38.2. The third-order valence-corrected chi connectivity index (χ3v) is 3.48. The minimum Gasteiger partial charge on any atom is -0.338 e. The lowest BCUT2D eigenvalue weighted by Gasteiger charge is -2.33. The van der Waals surface area contributed by atoms with E-state index in [2.05, 4.69) is 0 Å². The molecule has 2 rings (SSSR count). The average molecular weight is 302 g/mol. The number of carbonyl (C=O) groups is 1. The Morgan fingerprint density at radius 2 is 2.10 bits per heavy atom. The van der Waals surface area contributed by atoms with Gasteiger partial charge in [-0.05, 0) is 18.9 Å². The zero-order chi connectivity index (χ0) is 15.6. The molecule has 0 aromatic heterocycles. The molecule has 0 saturated carbocycles. The first kappa shape index (κ1) is 15.3. The third-order valence-electron chi connectivity index (χ3n) is 3.48. The Balaban J connectivity index is 2.16. The zero-order valence-electron chi connectivity index (χ0n) is 11.0. The highest BCUT2D eigenvalue weighted by Crippen LogP contribution is 2.33. The molecule has 1 fully saturated rings. The van der Waals surface area contributed by atoms with Gasteiger partial charge in [-0.3, -0.25) is 14.9 Å². The van der Waals surface area contributed by atoms with E-state index in [1.165, 1.54) is 18.2 Å². The van der Waals surface area contributed by atoms with E-state index in [-0.39, 0.29) is 30.6 Å². The Kier molecular flexibility index (Phi) is 4.15. The molecule has 0 bridgehead atoms. The standard InChI is InChI=1S/C13H13F3N2O3/c14-13(15,16)10-4-2-6-17(8-10)12(19)9-3-1-5-11(7-9)18(20)21/h1,3,5,7,10H,2,4,6,8H2/t10-/m1/s1. The summed E-state index contributed by atoms with van der Waals surface area (Å²) in [6, 6.07) is 5.02. The Bertz CT molecular complexity index is 560. The van der Waals surface area contributed by atoms with Crippen LogP contribution in [0, 0.1) is 16.0 Å². The molecule has 5 nitrogen and oxygen atoms in total. The number of alkyl halides is 3. The fourth-order valence-corrected chi connectivity index (χ4v) is 2.36. The molecule has 1 atom stereocenters. The zero-order valence-corrected chi connectivity index (χ0v) is 11.0. The molecule has 0 N–H and O–H groups in total. The molecule has 114 valence electrons. The lowest BCUT2D eigenvalue weighted by molar-refractivity contribution is -0.384. The van der Waals surface area contributed by atoms with Gasteiger partial charge < -0.3 is 4.90 Å². The molecular weight excluding hydrogens is 289 g/mol. The van der Waals surface area contributed by atoms with Gasteiger partial charge in [0.2, 0.25) is 0 Å². The van der Waals surface area contributed by atoms with Gasteiger partial charge in [0, 0.05) is 30.8 Å². The number of nitrogens with zero attached hydrogens (tertiary/aromatic N) is 2. The molecule has 1 heterocycles. The van der Waals surface area contributed by atoms with Crippen LogP contribution in [0.25, 0.3) is 0 Å². The normalized spacial score (nSPS) is 19.4. The van der Waals surface area contributed by atoms with E-state index in [9.17, 15) is 28.1 Å². The second-order valence-corrected chi connectivity index (χ2v) is 4.94. The maximum Gasteiger partial charge on any atom is 0.393 e. The highest BCUT2D eigenvalue weighted by Gasteiger charge is 2.42. The molecule has 0 spiro atoms. The molecular formula is C13H13F3N2O3. The molecule has 1 aromatic carbocycles. The van der Waals surface area contributed by atoms with Crippen LogP contribution >= 0.6 is 0 Å². The van der Waals surface area contributed by atoms with E-state index in [0.29, 0.717) is 0 Å². The highest BCUT2D eigenvalue weighted by atomic mass is 19.4. The highest BCUT2D eigenvalue weighted by molar-refractivity contribution is 5.94. The summed E-state index contributed by atoms with van der Waals surface area (Å²) in [7, 11) is 0. The van der Waals surface area contributed by atoms with Crippen molar-refractivity contribution in [2.45, 2.75) is 19.0 Å². The maximum absolute atomic E-state index is 12.7. The van der Waals surface area contributed by atoms with Gasteiger partial charge in [0.05, 0.1) is 10.8 Å². The van der Waals surface area contributed by atoms with Crippen LogP contribution in [0.5, 0.6) is 0 Å². The second kappa shape index (κ2) is 5.71. The predicted molar refractivity (Wildman–Crippen MR) is 67.8 cm³/mol. The molecule has 1 aliphatic rings. The van der Waals surface area contributed by atoms with Gasteiger partial charge in [0.25, 0.3) is 11.6 Å². The average Bonchev–Trinajstić information content (AvgIpc) is 2.46. The molecule has 1 saturated heterocycles. The van der Waals surface area contributed by atoms with E-state index >= 15 is 0 Å². The van der Waals surface area contributed by atoms with Crippen LogP contribution in [0.3, 0.4) is 0 Å². The van der Waals surface area contributed by atoms with Crippen molar-refractivity contribution in [1.29, 1.82) is 0 Å². The van der Waals surface area contributed by atoms with Crippen LogP contribution < -0.4 is 0 Å². The molecule has 1 amide bonds. The van der Waals surface area contributed by atoms with Crippen LogP contribution in [-0.4, -0.2) is 35.0 Å². The summed E-state index contributed by atoms with van der Waals surface area (Å²) in [4.78, 5) is 23.3. The summed E-state index contributed by atoms with van der Waals surface area (Å²) in [5.41, 5.74) is -0.225. The molecule has 0 aliphatic carbocycles. The first-order valence-electron chi connectivity index (χ1n) is 6.39. The van der Waals surface area contributed by atoms with E-state index in [1.54, 1.807) is 0 Å². The quantitative estimate of drug-likeness (QED) is 0.623. The lowest BCUT2D eigenvalue weighted by atomic mass is 9.97. The van der Waals surface area contributed by atoms with Crippen LogP contribution in [0.4, 0.5) is 18.9 Å². The van der Waals surface area contributed by atoms with Gasteiger partial charge >= 0.3 is 6.18 Å². The van der Waals surface area contributed by atoms with E-state index < -0.39 is 29.5 Å². The largest absolute Gasteiger partial charge is 0.393 e. The topological polar surface area (TPSA) is 63.4 Å². The lowest BCUT2D eigenvalue weighted by Crippen LogP contribution is -2.44. The third kappa shape index (κ3) is 3.50. The number of likely N-dealkylation sites (tertiary alicyclic amines) is 1. The van der Waals surface area contributed by atoms with E-state index in [0.717, 1.165) is 11.0 Å². The number of hydrogen-bond donors (Lipinski definition) is 0. The summed E-state index contributed by atoms with van der Waals surface area (Å²) in [5, 5.41) is 10.7. The van der Waals surface area contributed by atoms with Crippen molar-refractivity contribution in [3.8, 4) is 0 Å². The minimum absolute atomic E-state index is 0.00220. The van der Waals surface area contributed by atoms with Gasteiger partial charge in [-0.1, -0.05) is 6.07 Å². The van der Waals surface area contributed by atoms with Gasteiger partial charge in [-0.15, -0.1) is 0 Å². The van der Waals surface area contributed by atoms with Gasteiger partial charge in [0.1, 0.15) is 0 Å². The van der Waals surface area contributed by atoms with Crippen molar-refractivity contribution in [2.75, 3.05) is 13.1 Å². The Labute approximate surface area is 118 Å². The van der Waals surface area contributed by atoms with Crippen LogP contribution in [-0.2, 0) is 0 Å². The van der Waals surface area contributed by atoms with E-state index in [1.807, 2.05) is 0 Å². The second-order valence-electron chi connectivity index (χ2n) is 4.94. The molecule has 1 aliphatic heterocycles. The van der Waals surface area contributed by atoms with Crippen molar-refractivity contribution in [2.24, 2.45) is 5.92 Å². The van der Waals surface area contributed by atoms with E-state index in [4.69, 9.17) is 0 Å². The molecule has 1 aromatic rings. The minimum atomic E-state index is -4.33. The van der Waals surface area contributed by atoms with Crippen molar-refractivity contribution < 1.29 is 22.9 Å². The number of nitro groups is 1. The number of hydrogen-bond acceptors (Lipinski definition) is 3. The monoisotopic (exact) mass is 302 g/mol. The summed E-state index contributed by atoms with van der Waals surface area (Å²) in [6.07, 6.45) is -4.06. The fourth-order valence-electron chi connectivity index (χ4n) is 2.36. The number of nitro benzene ring substituents is 1. The van der Waals surface area contributed by atoms with Gasteiger partial charge in [-0.2, -0.15) is 13.2 Å². The molecule has 0 radical (unpaired) electrons. The summed E-state index contributed by atoms with van der Waals surface area (Å²) in [5.74, 6) is -2.14. The van der Waals surface area contributed by atoms with Gasteiger partial charge in [-0.25, -0.2) is 0 Å². The smallest absolute Gasteiger partial charge is 0.338 e. The molecule has 0 unspecified atom stereocenters. The number of amides is 1. The predicted octanol–water partition coefficient (Wildman–Crippen LogP) is 3.01. The summed E-state index contributed by atoms with van der Waals surface area (Å²) in [6.45, 7) is -0.168. The fraction of sp³-hybridized carbons (Fsp3) is 0.462. The number of benzene rings is 1. The first-order valence-corrected chi connectivity index (χ1v) is 6.39. The Morgan fingerprint density at radius 3 is 2.71 bits per heavy atom. The van der Waals surface area contributed by atoms with Crippen LogP contribution in [0.2, 0.25) is 0 Å². The maximum atomic E-state index is 12.7. The number of non-ortho nitro benzene ring substituents is 1. The Morgan fingerprint density at radius 1 is 1.38 bits per heavy atom. The molecule has 8 heteroatoms. The Hall–Kier alpha value is -2.12. The van der Waals surface area contributed by atoms with Crippen molar-refractivity contribution in [3.05, 3.63) is 39.9 Å². The van der Waals surface area contributed by atoms with Gasteiger partial charge in [0.15, 0.2) is 0 Å². The molecule has 21 heavy (non-hydrogen) atoms. The number of carbonyl (C=O) groups excluding carboxylic acids is 1. The van der Waals surface area contributed by atoms with Crippen molar-refractivity contribution in [3.63, 3.8) is 0 Å². The summed E-state index contributed by atoms with van der Waals surface area (Å²) >= 11 is 0. The van der Waals surface area contributed by atoms with Crippen LogP contribution in [0.1, 0.15) is 23.2 Å². The number of piperidine rings is 1. The number of rotatable bonds is 2. The van der Waals surface area contributed by atoms with Crippen molar-refractivity contribution in [1.82, 2.24) is 4.90 Å².